The highest BCUT2D eigenvalue weighted by molar-refractivity contribution is 6.26. The average molecular weight is 386 g/mol. The lowest BCUT2D eigenvalue weighted by molar-refractivity contribution is -0.126. The Morgan fingerprint density at radius 1 is 0.966 bits per heavy atom. The predicted molar refractivity (Wildman–Crippen MR) is 116 cm³/mol. The van der Waals surface area contributed by atoms with Gasteiger partial charge >= 0.3 is 5.97 Å². The molecule has 5 heteroatoms. The van der Waals surface area contributed by atoms with Crippen molar-refractivity contribution in [3.63, 3.8) is 0 Å². The lowest BCUT2D eigenvalue weighted by Crippen LogP contribution is -2.13. The summed E-state index contributed by atoms with van der Waals surface area (Å²) < 4.78 is 5.64. The topological polar surface area (TPSA) is 85.2 Å². The van der Waals surface area contributed by atoms with Crippen molar-refractivity contribution in [2.45, 2.75) is 26.2 Å². The molecule has 0 aliphatic carbocycles. The van der Waals surface area contributed by atoms with E-state index < -0.39 is 5.97 Å². The number of carbonyl (C=O) groups is 1. The number of nitrogens with one attached hydrogen (secondary N) is 1. The molecule has 3 N–H and O–H groups in total. The van der Waals surface area contributed by atoms with Crippen molar-refractivity contribution in [2.75, 3.05) is 5.73 Å². The molecule has 1 aliphatic heterocycles. The summed E-state index contributed by atoms with van der Waals surface area (Å²) in [7, 11) is 0. The molecule has 0 saturated heterocycles. The normalized spacial score (nSPS) is 14.7. The lowest BCUT2D eigenvalue weighted by atomic mass is 9.83. The Balaban J connectivity index is 1.97. The summed E-state index contributed by atoms with van der Waals surface area (Å²) in [6.07, 6.45) is 3.37. The summed E-state index contributed by atoms with van der Waals surface area (Å²) >= 11 is 0. The molecule has 0 amide bonds. The fourth-order valence-corrected chi connectivity index (χ4v) is 3.36. The second kappa shape index (κ2) is 6.78. The molecule has 2 heterocycles. The Bertz CT molecular complexity index is 1200. The standard InChI is InChI=1S/C24H22N2O3/c1-24(2,3)15-12-18(17-5-4-10-26-22(17)27)21-19(13-15)20(23(28)29-21)11-14-6-8-16(25)9-7-14/h4-13H,25H2,1-3H3,(H,26,27)/b20-11-. The molecule has 146 valence electrons. The number of rotatable bonds is 2. The SMILES string of the molecule is CC(C)(C)c1cc2c(c(-c3ccc[nH]c3=O)c1)OC(=O)/C2=C\c1ccc(N)cc1. The van der Waals surface area contributed by atoms with E-state index in [9.17, 15) is 9.59 Å². The number of H-pyrrole nitrogens is 1. The number of fused-ring (bicyclic) bond motifs is 1. The number of hydrogen-bond acceptors (Lipinski definition) is 4. The van der Waals surface area contributed by atoms with Crippen molar-refractivity contribution in [1.82, 2.24) is 4.98 Å². The van der Waals surface area contributed by atoms with Crippen LogP contribution < -0.4 is 16.0 Å². The van der Waals surface area contributed by atoms with Crippen LogP contribution in [0, 0.1) is 0 Å². The van der Waals surface area contributed by atoms with Crippen LogP contribution in [0.4, 0.5) is 5.69 Å². The molecule has 5 nitrogen and oxygen atoms in total. The molecule has 0 spiro atoms. The van der Waals surface area contributed by atoms with E-state index in [0.29, 0.717) is 33.7 Å². The third kappa shape index (κ3) is 3.47. The number of nitrogen functional groups attached to an aromatic ring is 1. The van der Waals surface area contributed by atoms with Gasteiger partial charge in [-0.2, -0.15) is 0 Å². The Kier molecular flexibility index (Phi) is 4.38. The van der Waals surface area contributed by atoms with Crippen molar-refractivity contribution in [3.8, 4) is 16.9 Å². The highest BCUT2D eigenvalue weighted by atomic mass is 16.5. The summed E-state index contributed by atoms with van der Waals surface area (Å²) in [6, 6.07) is 14.7. The van der Waals surface area contributed by atoms with E-state index in [1.54, 1.807) is 36.5 Å². The van der Waals surface area contributed by atoms with Gasteiger partial charge in [0.1, 0.15) is 5.75 Å². The average Bonchev–Trinajstić information content (AvgIpc) is 2.98. The van der Waals surface area contributed by atoms with Crippen molar-refractivity contribution in [1.29, 1.82) is 0 Å². The maximum Gasteiger partial charge on any atom is 0.344 e. The maximum absolute atomic E-state index is 12.7. The van der Waals surface area contributed by atoms with Gasteiger partial charge in [0.15, 0.2) is 0 Å². The van der Waals surface area contributed by atoms with E-state index in [-0.39, 0.29) is 11.0 Å². The zero-order valence-electron chi connectivity index (χ0n) is 16.6. The number of aromatic amines is 1. The quantitative estimate of drug-likeness (QED) is 0.296. The third-order valence-corrected chi connectivity index (χ3v) is 5.02. The number of esters is 1. The summed E-state index contributed by atoms with van der Waals surface area (Å²) in [6.45, 7) is 6.28. The highest BCUT2D eigenvalue weighted by Gasteiger charge is 2.32. The molecule has 0 saturated carbocycles. The van der Waals surface area contributed by atoms with Crippen LogP contribution in [0.2, 0.25) is 0 Å². The fourth-order valence-electron chi connectivity index (χ4n) is 3.36. The minimum absolute atomic E-state index is 0.177. The molecular weight excluding hydrogens is 364 g/mol. The van der Waals surface area contributed by atoms with Crippen LogP contribution in [0.1, 0.15) is 37.5 Å². The monoisotopic (exact) mass is 386 g/mol. The summed E-state index contributed by atoms with van der Waals surface area (Å²) in [5.74, 6) is -0.0158. The number of nitrogens with two attached hydrogens (primary N) is 1. The van der Waals surface area contributed by atoms with Crippen LogP contribution in [0.25, 0.3) is 22.8 Å². The number of aromatic nitrogens is 1. The van der Waals surface area contributed by atoms with Gasteiger partial charge in [-0.3, -0.25) is 4.79 Å². The lowest BCUT2D eigenvalue weighted by Gasteiger charge is -2.21. The zero-order valence-corrected chi connectivity index (χ0v) is 16.6. The Hall–Kier alpha value is -3.60. The van der Waals surface area contributed by atoms with Crippen LogP contribution in [0.15, 0.2) is 59.5 Å². The Morgan fingerprint density at radius 2 is 1.66 bits per heavy atom. The first-order chi connectivity index (χ1) is 13.7. The van der Waals surface area contributed by atoms with Crippen molar-refractivity contribution < 1.29 is 9.53 Å². The van der Waals surface area contributed by atoms with Gasteiger partial charge in [0.05, 0.1) is 11.1 Å². The van der Waals surface area contributed by atoms with Crippen LogP contribution in [0.5, 0.6) is 5.75 Å². The number of hydrogen-bond donors (Lipinski definition) is 2. The van der Waals surface area contributed by atoms with Gasteiger partial charge in [-0.15, -0.1) is 0 Å². The first kappa shape index (κ1) is 18.7. The summed E-state index contributed by atoms with van der Waals surface area (Å²) in [5, 5.41) is 0. The molecule has 0 fully saturated rings. The first-order valence-electron chi connectivity index (χ1n) is 9.40. The van der Waals surface area contributed by atoms with Gasteiger partial charge in [-0.1, -0.05) is 32.9 Å². The molecule has 29 heavy (non-hydrogen) atoms. The van der Waals surface area contributed by atoms with Crippen LogP contribution in [-0.4, -0.2) is 11.0 Å². The van der Waals surface area contributed by atoms with Gasteiger partial charge < -0.3 is 15.5 Å². The van der Waals surface area contributed by atoms with E-state index in [1.807, 2.05) is 24.3 Å². The number of ether oxygens (including phenoxy) is 1. The smallest absolute Gasteiger partial charge is 0.344 e. The maximum atomic E-state index is 12.7. The predicted octanol–water partition coefficient (Wildman–Crippen LogP) is 4.38. The van der Waals surface area contributed by atoms with Gasteiger partial charge in [0.25, 0.3) is 5.56 Å². The van der Waals surface area contributed by atoms with E-state index in [4.69, 9.17) is 10.5 Å². The summed E-state index contributed by atoms with van der Waals surface area (Å²) in [4.78, 5) is 27.9. The molecular formula is C24H22N2O3. The second-order valence-electron chi connectivity index (χ2n) is 8.18. The fraction of sp³-hybridized carbons (Fsp3) is 0.167. The number of benzene rings is 2. The van der Waals surface area contributed by atoms with Crippen molar-refractivity contribution >= 4 is 23.3 Å². The van der Waals surface area contributed by atoms with Gasteiger partial charge in [0.2, 0.25) is 0 Å². The zero-order chi connectivity index (χ0) is 20.8. The molecule has 4 rings (SSSR count). The highest BCUT2D eigenvalue weighted by Crippen LogP contribution is 2.44. The van der Waals surface area contributed by atoms with E-state index >= 15 is 0 Å². The minimum atomic E-state index is -0.434. The Morgan fingerprint density at radius 3 is 2.31 bits per heavy atom. The van der Waals surface area contributed by atoms with E-state index in [2.05, 4.69) is 25.8 Å². The van der Waals surface area contributed by atoms with E-state index in [0.717, 1.165) is 11.1 Å². The largest absolute Gasteiger partial charge is 0.422 e. The van der Waals surface area contributed by atoms with Crippen LogP contribution in [-0.2, 0) is 10.2 Å². The van der Waals surface area contributed by atoms with Crippen LogP contribution >= 0.6 is 0 Å². The van der Waals surface area contributed by atoms with Crippen molar-refractivity contribution in [3.05, 3.63) is 81.8 Å². The molecule has 3 aromatic rings. The second-order valence-corrected chi connectivity index (χ2v) is 8.18. The Labute approximate surface area is 168 Å². The molecule has 0 atom stereocenters. The summed E-state index contributed by atoms with van der Waals surface area (Å²) in [5.41, 5.74) is 10.1. The molecule has 1 aromatic heterocycles. The number of pyridine rings is 1. The minimum Gasteiger partial charge on any atom is -0.422 e. The molecule has 0 unspecified atom stereocenters. The first-order valence-corrected chi connectivity index (χ1v) is 9.40. The number of anilines is 1. The van der Waals surface area contributed by atoms with Crippen LogP contribution in [0.3, 0.4) is 0 Å². The molecule has 0 radical (unpaired) electrons. The molecule has 1 aliphatic rings. The van der Waals surface area contributed by atoms with Gasteiger partial charge in [0, 0.05) is 23.0 Å². The third-order valence-electron chi connectivity index (χ3n) is 5.02. The van der Waals surface area contributed by atoms with Gasteiger partial charge in [-0.05, 0) is 59.0 Å². The molecule has 2 aromatic carbocycles. The number of carbonyl (C=O) groups excluding carboxylic acids is 1. The molecule has 0 bridgehead atoms. The van der Waals surface area contributed by atoms with Crippen molar-refractivity contribution in [2.24, 2.45) is 0 Å². The van der Waals surface area contributed by atoms with E-state index in [1.165, 1.54) is 0 Å². The van der Waals surface area contributed by atoms with Gasteiger partial charge in [-0.25, -0.2) is 4.79 Å².